The molecule has 110 valence electrons. The molecule has 0 radical (unpaired) electrons. The van der Waals surface area contributed by atoms with Gasteiger partial charge in [0.15, 0.2) is 0 Å². The third-order valence-electron chi connectivity index (χ3n) is 3.67. The average molecular weight is 277 g/mol. The fourth-order valence-electron chi connectivity index (χ4n) is 2.20. The Labute approximate surface area is 120 Å². The Hall–Kier alpha value is -1.39. The van der Waals surface area contributed by atoms with Crippen molar-refractivity contribution in [3.63, 3.8) is 0 Å². The highest BCUT2D eigenvalue weighted by atomic mass is 16.5. The van der Waals surface area contributed by atoms with Crippen LogP contribution in [0, 0.1) is 0 Å². The Balaban J connectivity index is 1.96. The zero-order valence-electron chi connectivity index (χ0n) is 12.4. The van der Waals surface area contributed by atoms with Gasteiger partial charge in [-0.1, -0.05) is 32.9 Å². The van der Waals surface area contributed by atoms with E-state index in [-0.39, 0.29) is 24.5 Å². The monoisotopic (exact) mass is 277 g/mol. The van der Waals surface area contributed by atoms with Crippen LogP contribution in [0.3, 0.4) is 0 Å². The first-order valence-corrected chi connectivity index (χ1v) is 6.99. The van der Waals surface area contributed by atoms with E-state index in [1.807, 2.05) is 24.3 Å². The molecule has 1 amide bonds. The summed E-state index contributed by atoms with van der Waals surface area (Å²) in [5.74, 6) is -0.161. The van der Waals surface area contributed by atoms with Crippen LogP contribution in [0.2, 0.25) is 0 Å². The molecule has 1 heterocycles. The van der Waals surface area contributed by atoms with Crippen LogP contribution in [0.25, 0.3) is 0 Å². The molecule has 0 saturated carbocycles. The standard InChI is InChI=1S/C16H23NO3/c1-15(2,3)13-6-4-12(5-7-13)14(18)17-10-16(19)8-9-20-11-16/h4-7,19H,8-11H2,1-3H3,(H,17,18)/t16-/m0/s1. The smallest absolute Gasteiger partial charge is 0.251 e. The van der Waals surface area contributed by atoms with Gasteiger partial charge in [0.05, 0.1) is 6.61 Å². The van der Waals surface area contributed by atoms with Crippen molar-refractivity contribution in [2.75, 3.05) is 19.8 Å². The number of carbonyl (C=O) groups excluding carboxylic acids is 1. The maximum absolute atomic E-state index is 12.0. The third-order valence-corrected chi connectivity index (χ3v) is 3.67. The van der Waals surface area contributed by atoms with Gasteiger partial charge in [0.1, 0.15) is 5.60 Å². The van der Waals surface area contributed by atoms with Crippen molar-refractivity contribution in [2.24, 2.45) is 0 Å². The third kappa shape index (κ3) is 3.58. The van der Waals surface area contributed by atoms with E-state index in [4.69, 9.17) is 4.74 Å². The summed E-state index contributed by atoms with van der Waals surface area (Å²) < 4.78 is 5.15. The van der Waals surface area contributed by atoms with Crippen molar-refractivity contribution in [1.82, 2.24) is 5.32 Å². The van der Waals surface area contributed by atoms with Gasteiger partial charge in [0.2, 0.25) is 0 Å². The number of benzene rings is 1. The van der Waals surface area contributed by atoms with Gasteiger partial charge in [-0.3, -0.25) is 4.79 Å². The van der Waals surface area contributed by atoms with Crippen LogP contribution in [-0.4, -0.2) is 36.4 Å². The molecule has 1 aliphatic heterocycles. The van der Waals surface area contributed by atoms with Crippen molar-refractivity contribution >= 4 is 5.91 Å². The van der Waals surface area contributed by atoms with E-state index in [9.17, 15) is 9.90 Å². The number of ether oxygens (including phenoxy) is 1. The molecular weight excluding hydrogens is 254 g/mol. The molecule has 4 heteroatoms. The molecule has 2 N–H and O–H groups in total. The molecular formula is C16H23NO3. The van der Waals surface area contributed by atoms with Gasteiger partial charge < -0.3 is 15.2 Å². The lowest BCUT2D eigenvalue weighted by atomic mass is 9.86. The minimum atomic E-state index is -0.916. The quantitative estimate of drug-likeness (QED) is 0.886. The fourth-order valence-corrected chi connectivity index (χ4v) is 2.20. The first kappa shape index (κ1) is 15.0. The highest BCUT2D eigenvalue weighted by Crippen LogP contribution is 2.22. The average Bonchev–Trinajstić information content (AvgIpc) is 2.83. The predicted molar refractivity (Wildman–Crippen MR) is 77.9 cm³/mol. The highest BCUT2D eigenvalue weighted by Gasteiger charge is 2.32. The number of amides is 1. The van der Waals surface area contributed by atoms with Crippen LogP contribution in [0.15, 0.2) is 24.3 Å². The molecule has 1 aromatic carbocycles. The summed E-state index contributed by atoms with van der Waals surface area (Å²) in [5, 5.41) is 12.9. The maximum atomic E-state index is 12.0. The van der Waals surface area contributed by atoms with E-state index in [1.54, 1.807) is 0 Å². The van der Waals surface area contributed by atoms with Gasteiger partial charge in [0, 0.05) is 25.1 Å². The molecule has 0 spiro atoms. The van der Waals surface area contributed by atoms with Crippen molar-refractivity contribution in [1.29, 1.82) is 0 Å². The summed E-state index contributed by atoms with van der Waals surface area (Å²) >= 11 is 0. The van der Waals surface area contributed by atoms with Crippen molar-refractivity contribution < 1.29 is 14.6 Å². The lowest BCUT2D eigenvalue weighted by Gasteiger charge is -2.21. The Morgan fingerprint density at radius 1 is 1.35 bits per heavy atom. The lowest BCUT2D eigenvalue weighted by Crippen LogP contribution is -2.43. The summed E-state index contributed by atoms with van der Waals surface area (Å²) in [7, 11) is 0. The van der Waals surface area contributed by atoms with Gasteiger partial charge in [-0.15, -0.1) is 0 Å². The number of carbonyl (C=O) groups is 1. The Morgan fingerprint density at radius 2 is 2.00 bits per heavy atom. The minimum Gasteiger partial charge on any atom is -0.386 e. The largest absolute Gasteiger partial charge is 0.386 e. The number of hydrogen-bond acceptors (Lipinski definition) is 3. The second-order valence-corrected chi connectivity index (χ2v) is 6.54. The molecule has 1 saturated heterocycles. The van der Waals surface area contributed by atoms with E-state index < -0.39 is 5.60 Å². The summed E-state index contributed by atoms with van der Waals surface area (Å²) in [6.07, 6.45) is 0.566. The van der Waals surface area contributed by atoms with E-state index in [0.29, 0.717) is 18.6 Å². The van der Waals surface area contributed by atoms with E-state index >= 15 is 0 Å². The Morgan fingerprint density at radius 3 is 2.50 bits per heavy atom. The van der Waals surface area contributed by atoms with Gasteiger partial charge in [-0.25, -0.2) is 0 Å². The van der Waals surface area contributed by atoms with Crippen LogP contribution in [0.1, 0.15) is 43.1 Å². The summed E-state index contributed by atoms with van der Waals surface area (Å²) in [4.78, 5) is 12.0. The second kappa shape index (κ2) is 5.54. The highest BCUT2D eigenvalue weighted by molar-refractivity contribution is 5.94. The molecule has 1 aromatic rings. The molecule has 4 nitrogen and oxygen atoms in total. The summed E-state index contributed by atoms with van der Waals surface area (Å²) in [5.41, 5.74) is 0.962. The predicted octanol–water partition coefficient (Wildman–Crippen LogP) is 1.87. The molecule has 0 aliphatic carbocycles. The first-order chi connectivity index (χ1) is 9.30. The molecule has 0 bridgehead atoms. The molecule has 0 unspecified atom stereocenters. The molecule has 1 atom stereocenters. The number of hydrogen-bond donors (Lipinski definition) is 2. The molecule has 1 fully saturated rings. The maximum Gasteiger partial charge on any atom is 0.251 e. The second-order valence-electron chi connectivity index (χ2n) is 6.54. The van der Waals surface area contributed by atoms with Gasteiger partial charge in [0.25, 0.3) is 5.91 Å². The van der Waals surface area contributed by atoms with Gasteiger partial charge >= 0.3 is 0 Å². The number of aliphatic hydroxyl groups is 1. The number of nitrogens with one attached hydrogen (secondary N) is 1. The van der Waals surface area contributed by atoms with E-state index in [0.717, 1.165) is 0 Å². The van der Waals surface area contributed by atoms with Crippen LogP contribution in [-0.2, 0) is 10.2 Å². The molecule has 1 aliphatic rings. The Kier molecular flexibility index (Phi) is 4.16. The molecule has 2 rings (SSSR count). The van der Waals surface area contributed by atoms with E-state index in [2.05, 4.69) is 26.1 Å². The van der Waals surface area contributed by atoms with Gasteiger partial charge in [-0.05, 0) is 23.1 Å². The SMILES string of the molecule is CC(C)(C)c1ccc(C(=O)NC[C@@]2(O)CCOC2)cc1. The molecule has 0 aromatic heterocycles. The number of rotatable bonds is 3. The van der Waals surface area contributed by atoms with Crippen molar-refractivity contribution in [2.45, 2.75) is 38.2 Å². The van der Waals surface area contributed by atoms with Crippen LogP contribution in [0.4, 0.5) is 0 Å². The van der Waals surface area contributed by atoms with Crippen LogP contribution >= 0.6 is 0 Å². The molecule has 20 heavy (non-hydrogen) atoms. The Bertz CT molecular complexity index is 467. The topological polar surface area (TPSA) is 58.6 Å². The minimum absolute atomic E-state index is 0.0748. The first-order valence-electron chi connectivity index (χ1n) is 6.99. The zero-order chi connectivity index (χ0) is 14.8. The normalized spacial score (nSPS) is 22.8. The summed E-state index contributed by atoms with van der Waals surface area (Å²) in [6.45, 7) is 7.48. The van der Waals surface area contributed by atoms with E-state index in [1.165, 1.54) is 5.56 Å². The van der Waals surface area contributed by atoms with Gasteiger partial charge in [-0.2, -0.15) is 0 Å². The lowest BCUT2D eigenvalue weighted by molar-refractivity contribution is 0.0264. The van der Waals surface area contributed by atoms with Crippen molar-refractivity contribution in [3.8, 4) is 0 Å². The van der Waals surface area contributed by atoms with Crippen molar-refractivity contribution in [3.05, 3.63) is 35.4 Å². The van der Waals surface area contributed by atoms with Crippen LogP contribution < -0.4 is 5.32 Å². The van der Waals surface area contributed by atoms with Crippen LogP contribution in [0.5, 0.6) is 0 Å². The fraction of sp³-hybridized carbons (Fsp3) is 0.562. The summed E-state index contributed by atoms with van der Waals surface area (Å²) in [6, 6.07) is 7.60. The zero-order valence-corrected chi connectivity index (χ0v) is 12.4.